The standard InChI is InChI=1S/C4H10O2.H2O4S/c1-3-6-4(2)5;1-5(2,3)4/h4-5H,3H2,1-2H3;(H2,1,2,3,4). The molecule has 6 nitrogen and oxygen atoms in total. The van der Waals surface area contributed by atoms with Crippen LogP contribution < -0.4 is 0 Å². The predicted octanol–water partition coefficient (Wildman–Crippen LogP) is -0.292. The van der Waals surface area contributed by atoms with Crippen LogP contribution in [0.15, 0.2) is 0 Å². The predicted molar refractivity (Wildman–Crippen MR) is 37.5 cm³/mol. The Morgan fingerprint density at radius 1 is 1.45 bits per heavy atom. The number of hydrogen-bond donors (Lipinski definition) is 3. The molecule has 0 saturated heterocycles. The fourth-order valence-electron chi connectivity index (χ4n) is 0.241. The lowest BCUT2D eigenvalue weighted by Crippen LogP contribution is -2.04. The van der Waals surface area contributed by atoms with Gasteiger partial charge in [-0.1, -0.05) is 0 Å². The zero-order chi connectivity index (χ0) is 9.49. The minimum absolute atomic E-state index is 0.581. The van der Waals surface area contributed by atoms with Gasteiger partial charge in [-0.15, -0.1) is 0 Å². The van der Waals surface area contributed by atoms with Crippen LogP contribution in [0.5, 0.6) is 0 Å². The summed E-state index contributed by atoms with van der Waals surface area (Å²) in [6.07, 6.45) is -0.602. The van der Waals surface area contributed by atoms with Crippen molar-refractivity contribution in [2.24, 2.45) is 0 Å². The second kappa shape index (κ2) is 6.50. The van der Waals surface area contributed by atoms with Gasteiger partial charge in [0.1, 0.15) is 0 Å². The zero-order valence-electron chi connectivity index (χ0n) is 6.26. The maximum absolute atomic E-state index is 8.74. The van der Waals surface area contributed by atoms with Gasteiger partial charge in [0.05, 0.1) is 0 Å². The van der Waals surface area contributed by atoms with Gasteiger partial charge in [0.25, 0.3) is 0 Å². The first-order chi connectivity index (χ1) is 4.77. The Kier molecular flexibility index (Phi) is 7.91. The van der Waals surface area contributed by atoms with Crippen LogP contribution >= 0.6 is 0 Å². The summed E-state index contributed by atoms with van der Waals surface area (Å²) in [7, 11) is -4.67. The molecule has 0 amide bonds. The molecule has 0 fully saturated rings. The summed E-state index contributed by atoms with van der Waals surface area (Å²) in [5.74, 6) is 0. The molecular weight excluding hydrogens is 176 g/mol. The zero-order valence-corrected chi connectivity index (χ0v) is 7.08. The summed E-state index contributed by atoms with van der Waals surface area (Å²) >= 11 is 0. The molecule has 0 spiro atoms. The van der Waals surface area contributed by atoms with Crippen molar-refractivity contribution in [3.8, 4) is 0 Å². The summed E-state index contributed by atoms with van der Waals surface area (Å²) in [6.45, 7) is 4.01. The van der Waals surface area contributed by atoms with Crippen LogP contribution in [0.2, 0.25) is 0 Å². The molecule has 0 bridgehead atoms. The van der Waals surface area contributed by atoms with E-state index in [-0.39, 0.29) is 0 Å². The van der Waals surface area contributed by atoms with Gasteiger partial charge in [0.2, 0.25) is 0 Å². The average molecular weight is 188 g/mol. The van der Waals surface area contributed by atoms with Crippen LogP contribution in [-0.2, 0) is 15.1 Å². The first kappa shape index (κ1) is 13.4. The highest BCUT2D eigenvalue weighted by atomic mass is 32.3. The van der Waals surface area contributed by atoms with Crippen LogP contribution in [0.25, 0.3) is 0 Å². The normalized spacial score (nSPS) is 13.2. The van der Waals surface area contributed by atoms with Gasteiger partial charge in [0.15, 0.2) is 6.29 Å². The number of ether oxygens (including phenoxy) is 1. The molecule has 0 aliphatic carbocycles. The van der Waals surface area contributed by atoms with E-state index in [0.717, 1.165) is 0 Å². The molecule has 0 aliphatic heterocycles. The lowest BCUT2D eigenvalue weighted by atomic mass is 10.7. The molecule has 0 heterocycles. The van der Waals surface area contributed by atoms with Crippen molar-refractivity contribution in [1.82, 2.24) is 0 Å². The number of rotatable bonds is 2. The van der Waals surface area contributed by atoms with Gasteiger partial charge >= 0.3 is 10.4 Å². The van der Waals surface area contributed by atoms with Crippen LogP contribution in [-0.4, -0.2) is 35.5 Å². The summed E-state index contributed by atoms with van der Waals surface area (Å²) in [5.41, 5.74) is 0. The monoisotopic (exact) mass is 188 g/mol. The molecule has 0 rings (SSSR count). The summed E-state index contributed by atoms with van der Waals surface area (Å²) in [6, 6.07) is 0. The van der Waals surface area contributed by atoms with Gasteiger partial charge in [-0.25, -0.2) is 0 Å². The maximum Gasteiger partial charge on any atom is 0.394 e. The molecule has 0 aromatic rings. The quantitative estimate of drug-likeness (QED) is 0.406. The van der Waals surface area contributed by atoms with Crippen molar-refractivity contribution in [3.05, 3.63) is 0 Å². The summed E-state index contributed by atoms with van der Waals surface area (Å²) < 4.78 is 36.2. The van der Waals surface area contributed by atoms with E-state index < -0.39 is 16.7 Å². The van der Waals surface area contributed by atoms with Crippen molar-refractivity contribution < 1.29 is 27.4 Å². The molecule has 0 aliphatic rings. The Balaban J connectivity index is 0. The molecule has 11 heavy (non-hydrogen) atoms. The third-order valence-corrected chi connectivity index (χ3v) is 0.408. The lowest BCUT2D eigenvalue weighted by molar-refractivity contribution is -0.0800. The van der Waals surface area contributed by atoms with E-state index in [0.29, 0.717) is 6.61 Å². The van der Waals surface area contributed by atoms with Gasteiger partial charge < -0.3 is 9.84 Å². The molecule has 1 atom stereocenters. The SMILES string of the molecule is CCOC(C)O.O=S(=O)(O)O. The maximum atomic E-state index is 8.74. The number of aliphatic hydroxyl groups is 1. The van der Waals surface area contributed by atoms with E-state index in [1.807, 2.05) is 6.92 Å². The molecule has 3 N–H and O–H groups in total. The van der Waals surface area contributed by atoms with Crippen molar-refractivity contribution in [3.63, 3.8) is 0 Å². The second-order valence-corrected chi connectivity index (χ2v) is 2.40. The van der Waals surface area contributed by atoms with E-state index in [9.17, 15) is 0 Å². The molecule has 1 unspecified atom stereocenters. The molecular formula is C4H12O6S. The molecule has 70 valence electrons. The summed E-state index contributed by atoms with van der Waals surface area (Å²) in [4.78, 5) is 0. The fraction of sp³-hybridized carbons (Fsp3) is 1.00. The van der Waals surface area contributed by atoms with Gasteiger partial charge in [0, 0.05) is 6.61 Å². The largest absolute Gasteiger partial charge is 0.394 e. The minimum atomic E-state index is -4.67. The average Bonchev–Trinajstić information content (AvgIpc) is 1.58. The Bertz CT molecular complexity index is 151. The summed E-state index contributed by atoms with van der Waals surface area (Å²) in [5, 5.41) is 8.33. The molecule has 0 aromatic carbocycles. The van der Waals surface area contributed by atoms with Gasteiger partial charge in [-0.3, -0.25) is 9.11 Å². The van der Waals surface area contributed by atoms with E-state index in [2.05, 4.69) is 4.74 Å². The van der Waals surface area contributed by atoms with E-state index in [4.69, 9.17) is 22.6 Å². The molecule has 0 aromatic heterocycles. The van der Waals surface area contributed by atoms with Crippen LogP contribution in [0, 0.1) is 0 Å². The second-order valence-electron chi connectivity index (χ2n) is 1.50. The Morgan fingerprint density at radius 2 is 1.73 bits per heavy atom. The highest BCUT2D eigenvalue weighted by Crippen LogP contribution is 1.78. The third kappa shape index (κ3) is 76.3. The van der Waals surface area contributed by atoms with Crippen molar-refractivity contribution in [2.75, 3.05) is 6.61 Å². The first-order valence-corrected chi connectivity index (χ1v) is 4.16. The minimum Gasteiger partial charge on any atom is -0.368 e. The molecule has 0 saturated carbocycles. The smallest absolute Gasteiger partial charge is 0.368 e. The lowest BCUT2D eigenvalue weighted by Gasteiger charge is -1.99. The van der Waals surface area contributed by atoms with Crippen molar-refractivity contribution >= 4 is 10.4 Å². The topological polar surface area (TPSA) is 104 Å². The third-order valence-electron chi connectivity index (χ3n) is 0.408. The highest BCUT2D eigenvalue weighted by molar-refractivity contribution is 7.79. The highest BCUT2D eigenvalue weighted by Gasteiger charge is 1.85. The van der Waals surface area contributed by atoms with Crippen molar-refractivity contribution in [2.45, 2.75) is 20.1 Å². The van der Waals surface area contributed by atoms with E-state index in [1.165, 1.54) is 0 Å². The van der Waals surface area contributed by atoms with Crippen molar-refractivity contribution in [1.29, 1.82) is 0 Å². The molecule has 0 radical (unpaired) electrons. The van der Waals surface area contributed by atoms with Gasteiger partial charge in [-0.05, 0) is 13.8 Å². The molecule has 7 heteroatoms. The first-order valence-electron chi connectivity index (χ1n) is 2.77. The Hall–Kier alpha value is -0.210. The van der Waals surface area contributed by atoms with Crippen LogP contribution in [0.1, 0.15) is 13.8 Å². The van der Waals surface area contributed by atoms with Gasteiger partial charge in [-0.2, -0.15) is 8.42 Å². The fourth-order valence-corrected chi connectivity index (χ4v) is 0.241. The Morgan fingerprint density at radius 3 is 1.73 bits per heavy atom. The van der Waals surface area contributed by atoms with Crippen LogP contribution in [0.4, 0.5) is 0 Å². The van der Waals surface area contributed by atoms with E-state index >= 15 is 0 Å². The number of aliphatic hydroxyl groups excluding tert-OH is 1. The van der Waals surface area contributed by atoms with E-state index in [1.54, 1.807) is 6.92 Å². The number of hydrogen-bond acceptors (Lipinski definition) is 4. The Labute approximate surface area is 65.4 Å². The van der Waals surface area contributed by atoms with Crippen LogP contribution in [0.3, 0.4) is 0 Å².